The standard InChI is InChI=1S/C15H12N4O2S/c1-10-16-7-12(8-17-10)19(15(20)21)14-13(18-9-22-14)11-5-3-2-4-6-11/h2-9H,1H3,(H,20,21). The molecule has 1 N–H and O–H groups in total. The number of nitrogens with zero attached hydrogens (tertiary/aromatic N) is 4. The zero-order valence-electron chi connectivity index (χ0n) is 11.7. The number of aromatic nitrogens is 3. The molecule has 2 heterocycles. The van der Waals surface area contributed by atoms with Crippen LogP contribution >= 0.6 is 11.3 Å². The van der Waals surface area contributed by atoms with Crippen molar-refractivity contribution in [3.05, 3.63) is 54.1 Å². The molecule has 1 aromatic carbocycles. The van der Waals surface area contributed by atoms with Gasteiger partial charge in [0.1, 0.15) is 16.5 Å². The van der Waals surface area contributed by atoms with E-state index in [0.29, 0.717) is 22.2 Å². The van der Waals surface area contributed by atoms with Crippen molar-refractivity contribution >= 4 is 28.1 Å². The highest BCUT2D eigenvalue weighted by Crippen LogP contribution is 2.37. The number of hydrogen-bond donors (Lipinski definition) is 1. The molecule has 0 atom stereocenters. The first-order valence-electron chi connectivity index (χ1n) is 6.47. The Balaban J connectivity index is 2.09. The Labute approximate surface area is 130 Å². The van der Waals surface area contributed by atoms with E-state index < -0.39 is 6.09 Å². The zero-order valence-corrected chi connectivity index (χ0v) is 12.5. The van der Waals surface area contributed by atoms with Crippen molar-refractivity contribution in [3.8, 4) is 11.3 Å². The van der Waals surface area contributed by atoms with Gasteiger partial charge < -0.3 is 5.11 Å². The smallest absolute Gasteiger partial charge is 0.417 e. The molecule has 0 saturated heterocycles. The van der Waals surface area contributed by atoms with Crippen LogP contribution in [0.15, 0.2) is 48.2 Å². The first kappa shape index (κ1) is 14.2. The molecule has 3 aromatic rings. The number of carboxylic acid groups (broad SMARTS) is 1. The number of aryl methyl sites for hydroxylation is 1. The SMILES string of the molecule is Cc1ncc(N(C(=O)O)c2scnc2-c2ccccc2)cn1. The van der Waals surface area contributed by atoms with E-state index in [1.54, 1.807) is 12.4 Å². The Morgan fingerprint density at radius 1 is 1.14 bits per heavy atom. The first-order valence-corrected chi connectivity index (χ1v) is 7.35. The van der Waals surface area contributed by atoms with Crippen LogP contribution in [0.5, 0.6) is 0 Å². The third-order valence-corrected chi connectivity index (χ3v) is 3.83. The number of thiazole rings is 1. The quantitative estimate of drug-likeness (QED) is 0.797. The van der Waals surface area contributed by atoms with Gasteiger partial charge in [0, 0.05) is 5.56 Å². The lowest BCUT2D eigenvalue weighted by Crippen LogP contribution is -2.23. The molecular formula is C15H12N4O2S. The van der Waals surface area contributed by atoms with Gasteiger partial charge in [-0.2, -0.15) is 0 Å². The number of benzene rings is 1. The van der Waals surface area contributed by atoms with E-state index in [1.165, 1.54) is 23.7 Å². The van der Waals surface area contributed by atoms with E-state index in [2.05, 4.69) is 15.0 Å². The molecule has 0 aliphatic heterocycles. The Morgan fingerprint density at radius 2 is 1.82 bits per heavy atom. The van der Waals surface area contributed by atoms with Crippen LogP contribution in [0.1, 0.15) is 5.82 Å². The van der Waals surface area contributed by atoms with Crippen LogP contribution in [0.3, 0.4) is 0 Å². The van der Waals surface area contributed by atoms with E-state index in [-0.39, 0.29) is 0 Å². The molecule has 0 spiro atoms. The average Bonchev–Trinajstić information content (AvgIpc) is 2.99. The molecule has 0 unspecified atom stereocenters. The van der Waals surface area contributed by atoms with Crippen molar-refractivity contribution in [2.24, 2.45) is 0 Å². The van der Waals surface area contributed by atoms with Crippen LogP contribution in [0, 0.1) is 6.92 Å². The average molecular weight is 312 g/mol. The summed E-state index contributed by atoms with van der Waals surface area (Å²) < 4.78 is 0. The second-order valence-corrected chi connectivity index (χ2v) is 5.31. The molecule has 7 heteroatoms. The maximum Gasteiger partial charge on any atom is 0.417 e. The molecule has 0 aliphatic rings. The fourth-order valence-corrected chi connectivity index (χ4v) is 2.84. The Hall–Kier alpha value is -2.80. The molecule has 6 nitrogen and oxygen atoms in total. The number of amides is 1. The van der Waals surface area contributed by atoms with Crippen LogP contribution in [0.25, 0.3) is 11.3 Å². The zero-order chi connectivity index (χ0) is 15.5. The summed E-state index contributed by atoms with van der Waals surface area (Å²) in [5, 5.41) is 10.1. The van der Waals surface area contributed by atoms with Crippen molar-refractivity contribution in [2.75, 3.05) is 4.90 Å². The lowest BCUT2D eigenvalue weighted by molar-refractivity contribution is 0.205. The molecular weight excluding hydrogens is 300 g/mol. The highest BCUT2D eigenvalue weighted by molar-refractivity contribution is 7.14. The molecule has 0 fully saturated rings. The van der Waals surface area contributed by atoms with Gasteiger partial charge in [-0.1, -0.05) is 30.3 Å². The lowest BCUT2D eigenvalue weighted by atomic mass is 10.1. The Bertz CT molecular complexity index is 787. The van der Waals surface area contributed by atoms with Gasteiger partial charge in [-0.3, -0.25) is 0 Å². The number of carbonyl (C=O) groups is 1. The van der Waals surface area contributed by atoms with Gasteiger partial charge in [-0.15, -0.1) is 11.3 Å². The second kappa shape index (κ2) is 5.90. The molecule has 1 amide bonds. The molecule has 110 valence electrons. The van der Waals surface area contributed by atoms with E-state index >= 15 is 0 Å². The van der Waals surface area contributed by atoms with Crippen LogP contribution < -0.4 is 4.90 Å². The van der Waals surface area contributed by atoms with Crippen molar-refractivity contribution in [3.63, 3.8) is 0 Å². The van der Waals surface area contributed by atoms with Gasteiger partial charge in [0.25, 0.3) is 0 Å². The third-order valence-electron chi connectivity index (χ3n) is 3.02. The summed E-state index contributed by atoms with van der Waals surface area (Å²) in [6, 6.07) is 9.46. The van der Waals surface area contributed by atoms with Crippen LogP contribution in [0.2, 0.25) is 0 Å². The van der Waals surface area contributed by atoms with Crippen molar-refractivity contribution in [1.82, 2.24) is 15.0 Å². The summed E-state index contributed by atoms with van der Waals surface area (Å²) in [5.41, 5.74) is 3.49. The van der Waals surface area contributed by atoms with Crippen LogP contribution in [-0.4, -0.2) is 26.2 Å². The van der Waals surface area contributed by atoms with E-state index in [9.17, 15) is 9.90 Å². The summed E-state index contributed by atoms with van der Waals surface area (Å²) in [5.74, 6) is 0.585. The molecule has 0 radical (unpaired) electrons. The van der Waals surface area contributed by atoms with E-state index in [4.69, 9.17) is 0 Å². The Morgan fingerprint density at radius 3 is 2.45 bits per heavy atom. The van der Waals surface area contributed by atoms with Gasteiger partial charge in [-0.25, -0.2) is 24.6 Å². The minimum absolute atomic E-state index is 0.388. The van der Waals surface area contributed by atoms with Crippen molar-refractivity contribution in [1.29, 1.82) is 0 Å². The van der Waals surface area contributed by atoms with E-state index in [0.717, 1.165) is 10.5 Å². The maximum atomic E-state index is 11.7. The van der Waals surface area contributed by atoms with Crippen LogP contribution in [0.4, 0.5) is 15.5 Å². The summed E-state index contributed by atoms with van der Waals surface area (Å²) in [7, 11) is 0. The van der Waals surface area contributed by atoms with Gasteiger partial charge >= 0.3 is 6.09 Å². The topological polar surface area (TPSA) is 79.2 Å². The summed E-state index contributed by atoms with van der Waals surface area (Å²) in [6.45, 7) is 1.75. The molecule has 0 bridgehead atoms. The predicted octanol–water partition coefficient (Wildman–Crippen LogP) is 3.72. The normalized spacial score (nSPS) is 10.4. The summed E-state index contributed by atoms with van der Waals surface area (Å²) in [4.78, 5) is 25.3. The monoisotopic (exact) mass is 312 g/mol. The highest BCUT2D eigenvalue weighted by atomic mass is 32.1. The first-order chi connectivity index (χ1) is 10.7. The minimum Gasteiger partial charge on any atom is -0.464 e. The predicted molar refractivity (Wildman–Crippen MR) is 84.5 cm³/mol. The van der Waals surface area contributed by atoms with E-state index in [1.807, 2.05) is 30.3 Å². The third kappa shape index (κ3) is 2.66. The number of anilines is 2. The molecule has 3 rings (SSSR count). The lowest BCUT2D eigenvalue weighted by Gasteiger charge is -2.18. The largest absolute Gasteiger partial charge is 0.464 e. The fourth-order valence-electron chi connectivity index (χ4n) is 2.01. The Kier molecular flexibility index (Phi) is 3.80. The maximum absolute atomic E-state index is 11.7. The van der Waals surface area contributed by atoms with Gasteiger partial charge in [-0.05, 0) is 6.92 Å². The number of rotatable bonds is 3. The number of hydrogen-bond acceptors (Lipinski definition) is 5. The summed E-state index contributed by atoms with van der Waals surface area (Å²) in [6.07, 6.45) is 1.88. The van der Waals surface area contributed by atoms with Crippen LogP contribution in [-0.2, 0) is 0 Å². The minimum atomic E-state index is -1.10. The second-order valence-electron chi connectivity index (χ2n) is 4.48. The fraction of sp³-hybridized carbons (Fsp3) is 0.0667. The molecule has 22 heavy (non-hydrogen) atoms. The van der Waals surface area contributed by atoms with Gasteiger partial charge in [0.05, 0.1) is 23.6 Å². The molecule has 2 aromatic heterocycles. The summed E-state index contributed by atoms with van der Waals surface area (Å²) >= 11 is 1.26. The molecule has 0 saturated carbocycles. The van der Waals surface area contributed by atoms with Gasteiger partial charge in [0.15, 0.2) is 0 Å². The highest BCUT2D eigenvalue weighted by Gasteiger charge is 2.23. The van der Waals surface area contributed by atoms with Gasteiger partial charge in [0.2, 0.25) is 0 Å². The van der Waals surface area contributed by atoms with Crippen molar-refractivity contribution < 1.29 is 9.90 Å². The van der Waals surface area contributed by atoms with Crippen molar-refractivity contribution in [2.45, 2.75) is 6.92 Å². The molecule has 0 aliphatic carbocycles.